The largest absolute Gasteiger partial charge is 0.379 e. The van der Waals surface area contributed by atoms with Crippen LogP contribution < -0.4 is 5.32 Å². The molecule has 0 amide bonds. The minimum atomic E-state index is 0.760. The summed E-state index contributed by atoms with van der Waals surface area (Å²) in [5, 5.41) is 4.35. The molecule has 0 unspecified atom stereocenters. The summed E-state index contributed by atoms with van der Waals surface area (Å²) in [4.78, 5) is 16.6. The highest BCUT2D eigenvalue weighted by molar-refractivity contribution is 7.22. The second kappa shape index (κ2) is 9.32. The van der Waals surface area contributed by atoms with E-state index < -0.39 is 0 Å². The van der Waals surface area contributed by atoms with Crippen molar-refractivity contribution in [2.24, 2.45) is 0 Å². The molecule has 32 heavy (non-hydrogen) atoms. The van der Waals surface area contributed by atoms with Crippen LogP contribution >= 0.6 is 11.3 Å². The van der Waals surface area contributed by atoms with Crippen molar-refractivity contribution in [3.63, 3.8) is 0 Å². The first kappa shape index (κ1) is 21.0. The maximum Gasteiger partial charge on any atom is 0.189 e. The van der Waals surface area contributed by atoms with E-state index in [1.165, 1.54) is 15.8 Å². The Morgan fingerprint density at radius 2 is 1.78 bits per heavy atom. The van der Waals surface area contributed by atoms with Crippen LogP contribution in [0.2, 0.25) is 0 Å². The van der Waals surface area contributed by atoms with Crippen LogP contribution in [0.15, 0.2) is 48.5 Å². The van der Waals surface area contributed by atoms with Gasteiger partial charge in [0.15, 0.2) is 5.13 Å². The molecule has 0 bridgehead atoms. The van der Waals surface area contributed by atoms with Crippen molar-refractivity contribution >= 4 is 32.5 Å². The van der Waals surface area contributed by atoms with Gasteiger partial charge in [0.1, 0.15) is 11.6 Å². The predicted molar refractivity (Wildman–Crippen MR) is 130 cm³/mol. The van der Waals surface area contributed by atoms with E-state index in [1.54, 1.807) is 11.3 Å². The molecule has 0 aliphatic carbocycles. The van der Waals surface area contributed by atoms with Gasteiger partial charge in [-0.15, -0.1) is 0 Å². The van der Waals surface area contributed by atoms with Crippen molar-refractivity contribution in [2.45, 2.75) is 26.8 Å². The Kier molecular flexibility index (Phi) is 6.12. The van der Waals surface area contributed by atoms with Gasteiger partial charge in [-0.25, -0.2) is 15.0 Å². The van der Waals surface area contributed by atoms with Gasteiger partial charge >= 0.3 is 0 Å². The zero-order valence-electron chi connectivity index (χ0n) is 18.5. The molecule has 1 fully saturated rings. The first-order chi connectivity index (χ1) is 15.6. The number of hydrogen-bond donors (Lipinski definition) is 1. The molecule has 3 heterocycles. The van der Waals surface area contributed by atoms with Gasteiger partial charge in [0, 0.05) is 37.3 Å². The topological polar surface area (TPSA) is 63.2 Å². The van der Waals surface area contributed by atoms with Gasteiger partial charge in [-0.05, 0) is 37.1 Å². The van der Waals surface area contributed by atoms with Crippen LogP contribution in [0.5, 0.6) is 0 Å². The second-order valence-electron chi connectivity index (χ2n) is 8.18. The minimum absolute atomic E-state index is 0.760. The van der Waals surface area contributed by atoms with Crippen LogP contribution in [0.3, 0.4) is 0 Å². The van der Waals surface area contributed by atoms with Crippen molar-refractivity contribution in [2.75, 3.05) is 31.6 Å². The zero-order chi connectivity index (χ0) is 21.9. The fraction of sp³-hybridized carbons (Fsp3) is 0.320. The van der Waals surface area contributed by atoms with Crippen LogP contribution in [-0.2, 0) is 17.7 Å². The molecule has 1 aliphatic rings. The molecule has 0 radical (unpaired) electrons. The Hall–Kier alpha value is -2.87. The highest BCUT2D eigenvalue weighted by Crippen LogP contribution is 2.31. The normalized spacial score (nSPS) is 14.7. The minimum Gasteiger partial charge on any atom is -0.379 e. The van der Waals surface area contributed by atoms with E-state index in [4.69, 9.17) is 14.7 Å². The van der Waals surface area contributed by atoms with Crippen molar-refractivity contribution in [3.05, 3.63) is 76.7 Å². The molecule has 6 nitrogen and oxygen atoms in total. The Labute approximate surface area is 192 Å². The maximum absolute atomic E-state index is 5.46. The molecule has 2 aromatic carbocycles. The highest BCUT2D eigenvalue weighted by Gasteiger charge is 2.15. The van der Waals surface area contributed by atoms with Crippen LogP contribution in [-0.4, -0.2) is 46.2 Å². The molecule has 7 heteroatoms. The second-order valence-corrected chi connectivity index (χ2v) is 9.21. The van der Waals surface area contributed by atoms with Crippen molar-refractivity contribution < 1.29 is 4.74 Å². The number of ether oxygens (including phenoxy) is 1. The lowest BCUT2D eigenvalue weighted by Gasteiger charge is -2.26. The van der Waals surface area contributed by atoms with Crippen LogP contribution in [0.4, 0.5) is 10.9 Å². The molecule has 4 aromatic rings. The lowest BCUT2D eigenvalue weighted by Crippen LogP contribution is -2.35. The standard InChI is InChI=1S/C25H27N5OS/c1-17-21(14-19-6-4-3-5-7-19)24(27-18(2)26-17)29-25-28-22-9-8-20(15-23(22)32-25)16-30-10-12-31-13-11-30/h3-9,15H,10-14,16H2,1-2H3,(H,26,27,28,29). The Bertz CT molecular complexity index is 1220. The van der Waals surface area contributed by atoms with E-state index in [-0.39, 0.29) is 0 Å². The van der Waals surface area contributed by atoms with E-state index in [1.807, 2.05) is 19.9 Å². The summed E-state index contributed by atoms with van der Waals surface area (Å²) < 4.78 is 6.65. The summed E-state index contributed by atoms with van der Waals surface area (Å²) in [6.07, 6.45) is 0.782. The van der Waals surface area contributed by atoms with E-state index in [0.717, 1.165) is 72.8 Å². The third kappa shape index (κ3) is 4.80. The van der Waals surface area contributed by atoms with Gasteiger partial charge in [0.25, 0.3) is 0 Å². The van der Waals surface area contributed by atoms with Gasteiger partial charge in [0.2, 0.25) is 0 Å². The monoisotopic (exact) mass is 445 g/mol. The predicted octanol–water partition coefficient (Wildman–Crippen LogP) is 4.87. The molecule has 1 saturated heterocycles. The summed E-state index contributed by atoms with van der Waals surface area (Å²) in [5.74, 6) is 1.60. The van der Waals surface area contributed by atoms with Gasteiger partial charge in [-0.3, -0.25) is 4.90 Å². The van der Waals surface area contributed by atoms with E-state index in [0.29, 0.717) is 0 Å². The number of aromatic nitrogens is 3. The number of fused-ring (bicyclic) bond motifs is 1. The molecule has 164 valence electrons. The quantitative estimate of drug-likeness (QED) is 0.457. The zero-order valence-corrected chi connectivity index (χ0v) is 19.3. The number of anilines is 2. The first-order valence-corrected chi connectivity index (χ1v) is 11.8. The third-order valence-corrected chi connectivity index (χ3v) is 6.67. The van der Waals surface area contributed by atoms with Crippen molar-refractivity contribution in [1.29, 1.82) is 0 Å². The van der Waals surface area contributed by atoms with Gasteiger partial charge in [-0.2, -0.15) is 0 Å². The molecule has 1 aliphatic heterocycles. The summed E-state index contributed by atoms with van der Waals surface area (Å²) in [6, 6.07) is 17.0. The average molecular weight is 446 g/mol. The molecule has 5 rings (SSSR count). The number of benzene rings is 2. The van der Waals surface area contributed by atoms with Crippen LogP contribution in [0, 0.1) is 13.8 Å². The smallest absolute Gasteiger partial charge is 0.189 e. The number of hydrogen-bond acceptors (Lipinski definition) is 7. The lowest BCUT2D eigenvalue weighted by atomic mass is 10.0. The summed E-state index contributed by atoms with van der Waals surface area (Å²) in [7, 11) is 0. The first-order valence-electron chi connectivity index (χ1n) is 11.0. The number of nitrogens with one attached hydrogen (secondary N) is 1. The van der Waals surface area contributed by atoms with Gasteiger partial charge in [0.05, 0.1) is 23.4 Å². The molecular weight excluding hydrogens is 418 g/mol. The summed E-state index contributed by atoms with van der Waals surface area (Å²) in [5.41, 5.74) is 5.67. The number of nitrogens with zero attached hydrogens (tertiary/aromatic N) is 4. The summed E-state index contributed by atoms with van der Waals surface area (Å²) in [6.45, 7) is 8.55. The van der Waals surface area contributed by atoms with E-state index in [2.05, 4.69) is 57.7 Å². The van der Waals surface area contributed by atoms with Crippen molar-refractivity contribution in [1.82, 2.24) is 19.9 Å². The third-order valence-electron chi connectivity index (χ3n) is 5.74. The molecule has 1 N–H and O–H groups in total. The van der Waals surface area contributed by atoms with E-state index in [9.17, 15) is 0 Å². The molecule has 2 aromatic heterocycles. The maximum atomic E-state index is 5.46. The Balaban J connectivity index is 1.40. The molecular formula is C25H27N5OS. The van der Waals surface area contributed by atoms with E-state index >= 15 is 0 Å². The Morgan fingerprint density at radius 3 is 2.59 bits per heavy atom. The number of thiazole rings is 1. The number of rotatable bonds is 6. The average Bonchev–Trinajstić information content (AvgIpc) is 3.19. The SMILES string of the molecule is Cc1nc(C)c(Cc2ccccc2)c(Nc2nc3ccc(CN4CCOCC4)cc3s2)n1. The van der Waals surface area contributed by atoms with Crippen LogP contribution in [0.1, 0.15) is 28.2 Å². The highest BCUT2D eigenvalue weighted by atomic mass is 32.1. The molecule has 0 spiro atoms. The van der Waals surface area contributed by atoms with Crippen LogP contribution in [0.25, 0.3) is 10.2 Å². The fourth-order valence-corrected chi connectivity index (χ4v) is 5.02. The van der Waals surface area contributed by atoms with Gasteiger partial charge < -0.3 is 10.1 Å². The number of morpholine rings is 1. The van der Waals surface area contributed by atoms with Crippen molar-refractivity contribution in [3.8, 4) is 0 Å². The Morgan fingerprint density at radius 1 is 0.969 bits per heavy atom. The number of aryl methyl sites for hydroxylation is 2. The lowest BCUT2D eigenvalue weighted by molar-refractivity contribution is 0.0342. The van der Waals surface area contributed by atoms with Gasteiger partial charge in [-0.1, -0.05) is 47.7 Å². The fourth-order valence-electron chi connectivity index (χ4n) is 4.09. The molecule has 0 atom stereocenters. The molecule has 0 saturated carbocycles. The summed E-state index contributed by atoms with van der Waals surface area (Å²) >= 11 is 1.67.